The Kier molecular flexibility index (Phi) is 7.33. The molecule has 0 aliphatic carbocycles. The molecule has 1 amide bonds. The number of nitrogens with one attached hydrogen (secondary N) is 1. The van der Waals surface area contributed by atoms with Crippen molar-refractivity contribution in [2.45, 2.75) is 31.6 Å². The number of hydrogen-bond donors (Lipinski definition) is 1. The van der Waals surface area contributed by atoms with Crippen LogP contribution in [-0.4, -0.2) is 38.2 Å². The molecule has 0 aliphatic rings. The molecule has 0 heterocycles. The number of hydrogen-bond acceptors (Lipinski definition) is 6. The van der Waals surface area contributed by atoms with Gasteiger partial charge < -0.3 is 10.1 Å². The average Bonchev–Trinajstić information content (AvgIpc) is 2.66. The van der Waals surface area contributed by atoms with Gasteiger partial charge in [0.1, 0.15) is 5.75 Å². The molecule has 2 aromatic carbocycles. The van der Waals surface area contributed by atoms with E-state index < -0.39 is 20.7 Å². The molecule has 2 aromatic rings. The van der Waals surface area contributed by atoms with Crippen LogP contribution in [0.4, 0.5) is 5.69 Å². The second kappa shape index (κ2) is 9.51. The number of amides is 1. The topological polar surface area (TPSA) is 116 Å². The molecule has 0 unspecified atom stereocenters. The number of nitrogens with zero attached hydrogens (tertiary/aromatic N) is 1. The number of ether oxygens (including phenoxy) is 1. The Hall–Kier alpha value is -2.94. The first-order chi connectivity index (χ1) is 13.6. The Morgan fingerprint density at radius 3 is 2.38 bits per heavy atom. The van der Waals surface area contributed by atoms with Gasteiger partial charge in [0.2, 0.25) is 0 Å². The normalized spacial score (nSPS) is 11.3. The molecular formula is C20H24N2O6S. The highest BCUT2D eigenvalue weighted by Gasteiger charge is 2.16. The quantitative estimate of drug-likeness (QED) is 0.492. The number of carbonyl (C=O) groups is 1. The van der Waals surface area contributed by atoms with E-state index in [9.17, 15) is 23.3 Å². The number of sulfone groups is 1. The van der Waals surface area contributed by atoms with Crippen LogP contribution in [0.25, 0.3) is 0 Å². The summed E-state index contributed by atoms with van der Waals surface area (Å²) in [5.41, 5.74) is 2.09. The van der Waals surface area contributed by atoms with Crippen LogP contribution < -0.4 is 10.1 Å². The average molecular weight is 420 g/mol. The van der Waals surface area contributed by atoms with Crippen LogP contribution in [0.3, 0.4) is 0 Å². The lowest BCUT2D eigenvalue weighted by Crippen LogP contribution is -2.32. The zero-order valence-corrected chi connectivity index (χ0v) is 17.4. The standard InChI is InChI=1S/C20H24N2O6S/c1-14(2)19-9-6-17(12-15(19)3)28-13-20(23)21-10-11-29(26,27)18-7-4-16(5-8-18)22(24)25/h4-9,12,14H,10-11,13H2,1-3H3,(H,21,23). The molecule has 0 atom stereocenters. The fraction of sp³-hybridized carbons (Fsp3) is 0.350. The number of rotatable bonds is 9. The molecule has 0 bridgehead atoms. The minimum atomic E-state index is -3.66. The Morgan fingerprint density at radius 1 is 1.17 bits per heavy atom. The molecular weight excluding hydrogens is 396 g/mol. The number of benzene rings is 2. The molecule has 9 heteroatoms. The number of nitro benzene ring substituents is 1. The first-order valence-electron chi connectivity index (χ1n) is 9.07. The van der Waals surface area contributed by atoms with Crippen molar-refractivity contribution in [3.63, 3.8) is 0 Å². The molecule has 1 N–H and O–H groups in total. The first-order valence-corrected chi connectivity index (χ1v) is 10.7. The van der Waals surface area contributed by atoms with E-state index in [0.717, 1.165) is 17.7 Å². The van der Waals surface area contributed by atoms with Crippen molar-refractivity contribution in [2.75, 3.05) is 18.9 Å². The highest BCUT2D eigenvalue weighted by atomic mass is 32.2. The van der Waals surface area contributed by atoms with E-state index in [-0.39, 0.29) is 29.5 Å². The number of nitro groups is 1. The molecule has 0 aliphatic heterocycles. The van der Waals surface area contributed by atoms with Gasteiger partial charge in [-0.05, 0) is 48.2 Å². The van der Waals surface area contributed by atoms with E-state index in [1.807, 2.05) is 19.1 Å². The minimum Gasteiger partial charge on any atom is -0.484 e. The van der Waals surface area contributed by atoms with E-state index in [0.29, 0.717) is 11.7 Å². The van der Waals surface area contributed by atoms with Gasteiger partial charge in [0.25, 0.3) is 11.6 Å². The van der Waals surface area contributed by atoms with Gasteiger partial charge in [-0.2, -0.15) is 0 Å². The van der Waals surface area contributed by atoms with Crippen LogP contribution in [0.5, 0.6) is 5.75 Å². The highest BCUT2D eigenvalue weighted by molar-refractivity contribution is 7.91. The third-order valence-corrected chi connectivity index (χ3v) is 6.06. The van der Waals surface area contributed by atoms with Gasteiger partial charge in [-0.15, -0.1) is 0 Å². The van der Waals surface area contributed by atoms with E-state index >= 15 is 0 Å². The summed E-state index contributed by atoms with van der Waals surface area (Å²) in [4.78, 5) is 21.9. The molecule has 2 rings (SSSR count). The summed E-state index contributed by atoms with van der Waals surface area (Å²) in [6, 6.07) is 10.3. The van der Waals surface area contributed by atoms with Gasteiger partial charge in [-0.25, -0.2) is 8.42 Å². The third kappa shape index (κ3) is 6.28. The highest BCUT2D eigenvalue weighted by Crippen LogP contribution is 2.23. The molecule has 0 saturated carbocycles. The van der Waals surface area contributed by atoms with Crippen LogP contribution in [0.2, 0.25) is 0 Å². The Balaban J connectivity index is 1.83. The van der Waals surface area contributed by atoms with Gasteiger partial charge in [0, 0.05) is 18.7 Å². The van der Waals surface area contributed by atoms with Crippen molar-refractivity contribution in [1.29, 1.82) is 0 Å². The van der Waals surface area contributed by atoms with Crippen molar-refractivity contribution >= 4 is 21.4 Å². The monoisotopic (exact) mass is 420 g/mol. The smallest absolute Gasteiger partial charge is 0.269 e. The lowest BCUT2D eigenvalue weighted by atomic mass is 9.98. The summed E-state index contributed by atoms with van der Waals surface area (Å²) >= 11 is 0. The summed E-state index contributed by atoms with van der Waals surface area (Å²) in [6.45, 7) is 5.86. The predicted molar refractivity (Wildman–Crippen MR) is 109 cm³/mol. The predicted octanol–water partition coefficient (Wildman–Crippen LogP) is 3.00. The number of carbonyl (C=O) groups excluding carboxylic acids is 1. The lowest BCUT2D eigenvalue weighted by Gasteiger charge is -2.12. The Morgan fingerprint density at radius 2 is 1.83 bits per heavy atom. The van der Waals surface area contributed by atoms with Gasteiger partial charge in [0.05, 0.1) is 15.6 Å². The number of non-ortho nitro benzene ring substituents is 1. The fourth-order valence-electron chi connectivity index (χ4n) is 2.80. The van der Waals surface area contributed by atoms with Gasteiger partial charge in [-0.3, -0.25) is 14.9 Å². The lowest BCUT2D eigenvalue weighted by molar-refractivity contribution is -0.384. The van der Waals surface area contributed by atoms with E-state index in [1.54, 1.807) is 6.07 Å². The van der Waals surface area contributed by atoms with Crippen molar-refractivity contribution in [3.8, 4) is 5.75 Å². The Bertz CT molecular complexity index is 985. The van der Waals surface area contributed by atoms with Gasteiger partial charge in [-0.1, -0.05) is 19.9 Å². The minimum absolute atomic E-state index is 0.0330. The molecule has 8 nitrogen and oxygen atoms in total. The van der Waals surface area contributed by atoms with E-state index in [2.05, 4.69) is 19.2 Å². The summed E-state index contributed by atoms with van der Waals surface area (Å²) < 4.78 is 30.0. The van der Waals surface area contributed by atoms with Crippen LogP contribution in [0, 0.1) is 17.0 Å². The molecule has 0 spiro atoms. The SMILES string of the molecule is Cc1cc(OCC(=O)NCCS(=O)(=O)c2ccc([N+](=O)[O-])cc2)ccc1C(C)C. The van der Waals surface area contributed by atoms with Crippen molar-refractivity contribution < 1.29 is 22.9 Å². The zero-order valence-electron chi connectivity index (χ0n) is 16.5. The Labute approximate surface area is 170 Å². The van der Waals surface area contributed by atoms with Crippen LogP contribution in [-0.2, 0) is 14.6 Å². The second-order valence-electron chi connectivity index (χ2n) is 6.88. The van der Waals surface area contributed by atoms with Gasteiger partial charge in [0.15, 0.2) is 16.4 Å². The van der Waals surface area contributed by atoms with Crippen LogP contribution in [0.15, 0.2) is 47.4 Å². The molecule has 0 fully saturated rings. The largest absolute Gasteiger partial charge is 0.484 e. The van der Waals surface area contributed by atoms with Gasteiger partial charge >= 0.3 is 0 Å². The maximum absolute atomic E-state index is 12.2. The number of aryl methyl sites for hydroxylation is 1. The molecule has 0 aromatic heterocycles. The third-order valence-electron chi connectivity index (χ3n) is 4.33. The fourth-order valence-corrected chi connectivity index (χ4v) is 3.96. The van der Waals surface area contributed by atoms with Crippen LogP contribution >= 0.6 is 0 Å². The maximum atomic E-state index is 12.2. The zero-order chi connectivity index (χ0) is 21.6. The molecule has 0 radical (unpaired) electrons. The van der Waals surface area contributed by atoms with Crippen LogP contribution in [0.1, 0.15) is 30.9 Å². The maximum Gasteiger partial charge on any atom is 0.269 e. The summed E-state index contributed by atoms with van der Waals surface area (Å²) in [7, 11) is -3.66. The molecule has 0 saturated heterocycles. The van der Waals surface area contributed by atoms with E-state index in [1.165, 1.54) is 17.7 Å². The van der Waals surface area contributed by atoms with E-state index in [4.69, 9.17) is 4.74 Å². The van der Waals surface area contributed by atoms with Crippen molar-refractivity contribution in [2.24, 2.45) is 0 Å². The molecule has 156 valence electrons. The van der Waals surface area contributed by atoms with Crippen molar-refractivity contribution in [1.82, 2.24) is 5.32 Å². The second-order valence-corrected chi connectivity index (χ2v) is 8.99. The summed E-state index contributed by atoms with van der Waals surface area (Å²) in [6.07, 6.45) is 0. The first kappa shape index (κ1) is 22.4. The summed E-state index contributed by atoms with van der Waals surface area (Å²) in [5, 5.41) is 13.1. The van der Waals surface area contributed by atoms with Crippen molar-refractivity contribution in [3.05, 3.63) is 63.7 Å². The molecule has 29 heavy (non-hydrogen) atoms. The summed E-state index contributed by atoms with van der Waals surface area (Å²) in [5.74, 6) is 0.207.